The zero-order chi connectivity index (χ0) is 26.7. The Morgan fingerprint density at radius 2 is 2.18 bits per heavy atom. The molecule has 2 N–H and O–H groups in total. The summed E-state index contributed by atoms with van der Waals surface area (Å²) in [4.78, 5) is 49.3. The Labute approximate surface area is 219 Å². The van der Waals surface area contributed by atoms with Crippen molar-refractivity contribution in [3.63, 3.8) is 0 Å². The van der Waals surface area contributed by atoms with Gasteiger partial charge in [0, 0.05) is 44.6 Å². The number of carbonyl (C=O) groups is 3. The summed E-state index contributed by atoms with van der Waals surface area (Å²) in [6.45, 7) is 2.11. The third kappa shape index (κ3) is 5.29. The van der Waals surface area contributed by atoms with Crippen molar-refractivity contribution in [3.8, 4) is 6.07 Å². The Bertz CT molecular complexity index is 1300. The number of morpholine rings is 1. The van der Waals surface area contributed by atoms with Crippen molar-refractivity contribution in [2.24, 2.45) is 0 Å². The van der Waals surface area contributed by atoms with Crippen LogP contribution in [-0.2, 0) is 27.2 Å². The van der Waals surface area contributed by atoms with Gasteiger partial charge in [0.2, 0.25) is 5.91 Å². The highest BCUT2D eigenvalue weighted by Crippen LogP contribution is 2.40. The number of fused-ring (bicyclic) bond motifs is 1. The first-order valence-corrected chi connectivity index (χ1v) is 12.5. The average Bonchev–Trinajstić information content (AvgIpc) is 3.68. The van der Waals surface area contributed by atoms with Crippen LogP contribution in [0.15, 0.2) is 18.3 Å². The Morgan fingerprint density at radius 1 is 1.34 bits per heavy atom. The first-order valence-electron chi connectivity index (χ1n) is 12.5. The molecule has 2 aliphatic heterocycles. The molecule has 1 saturated carbocycles. The van der Waals surface area contributed by atoms with Crippen LogP contribution in [0, 0.1) is 11.3 Å². The normalized spacial score (nSPS) is 17.8. The monoisotopic (exact) mass is 519 g/mol. The van der Waals surface area contributed by atoms with Gasteiger partial charge >= 0.3 is 6.03 Å². The van der Waals surface area contributed by atoms with Crippen molar-refractivity contribution in [2.45, 2.75) is 37.8 Å². The van der Waals surface area contributed by atoms with E-state index in [9.17, 15) is 19.6 Å². The minimum Gasteiger partial charge on any atom is -0.382 e. The van der Waals surface area contributed by atoms with Gasteiger partial charge < -0.3 is 19.7 Å². The van der Waals surface area contributed by atoms with Gasteiger partial charge in [-0.15, -0.1) is 0 Å². The zero-order valence-corrected chi connectivity index (χ0v) is 21.2. The number of nitriles is 1. The lowest BCUT2D eigenvalue weighted by molar-refractivity contribution is -0.143. The molecule has 0 bridgehead atoms. The molecule has 3 amide bonds. The topological polar surface area (TPSA) is 150 Å². The lowest BCUT2D eigenvalue weighted by Gasteiger charge is -2.31. The van der Waals surface area contributed by atoms with Crippen LogP contribution in [0.1, 0.15) is 46.4 Å². The van der Waals surface area contributed by atoms with E-state index in [-0.39, 0.29) is 36.1 Å². The van der Waals surface area contributed by atoms with E-state index in [4.69, 9.17) is 9.47 Å². The molecule has 0 atom stereocenters. The van der Waals surface area contributed by atoms with E-state index in [1.807, 2.05) is 6.07 Å². The van der Waals surface area contributed by atoms with E-state index < -0.39 is 6.03 Å². The number of pyridine rings is 2. The number of carbonyl (C=O) groups excluding carboxylic acids is 3. The third-order valence-corrected chi connectivity index (χ3v) is 7.01. The van der Waals surface area contributed by atoms with Crippen molar-refractivity contribution in [2.75, 3.05) is 55.6 Å². The van der Waals surface area contributed by atoms with Crippen molar-refractivity contribution in [1.82, 2.24) is 14.9 Å². The summed E-state index contributed by atoms with van der Waals surface area (Å²) in [5.74, 6) is 0.567. The molecule has 12 nitrogen and oxygen atoms in total. The molecular formula is C26H29N7O5. The second-order valence-electron chi connectivity index (χ2n) is 9.75. The van der Waals surface area contributed by atoms with E-state index in [0.717, 1.165) is 18.4 Å². The number of aromatic nitrogens is 2. The number of methoxy groups -OCH3 is 1. The quantitative estimate of drug-likeness (QED) is 0.500. The first kappa shape index (κ1) is 25.6. The smallest absolute Gasteiger partial charge is 0.328 e. The predicted octanol–water partition coefficient (Wildman–Crippen LogP) is 2.10. The van der Waals surface area contributed by atoms with Crippen molar-refractivity contribution >= 4 is 35.5 Å². The number of aldehydes is 1. The maximum absolute atomic E-state index is 13.3. The second-order valence-corrected chi connectivity index (χ2v) is 9.75. The second kappa shape index (κ2) is 10.7. The number of anilines is 3. The van der Waals surface area contributed by atoms with Crippen molar-refractivity contribution < 1.29 is 23.9 Å². The van der Waals surface area contributed by atoms with E-state index in [0.29, 0.717) is 68.1 Å². The van der Waals surface area contributed by atoms with Crippen molar-refractivity contribution in [3.05, 3.63) is 40.7 Å². The molecule has 12 heteroatoms. The summed E-state index contributed by atoms with van der Waals surface area (Å²) >= 11 is 0. The van der Waals surface area contributed by atoms with Gasteiger partial charge in [-0.25, -0.2) is 14.8 Å². The number of hydrogen-bond donors (Lipinski definition) is 2. The van der Waals surface area contributed by atoms with Crippen LogP contribution in [0.4, 0.5) is 22.1 Å². The highest BCUT2D eigenvalue weighted by molar-refractivity contribution is 6.02. The highest BCUT2D eigenvalue weighted by Gasteiger charge is 2.43. The standard InChI is InChI=1S/C26H29N7O5/c1-37-16-26(4-5-26)31-20-10-22(28-12-19(20)11-27)30-25(36)33-6-2-3-17-9-18(21(14-34)29-24(17)33)13-32-7-8-38-15-23(32)35/h9-10,12,14H,2-8,13,15-16H2,1H3,(H2,28,30,31,36). The molecule has 38 heavy (non-hydrogen) atoms. The van der Waals surface area contributed by atoms with Crippen LogP contribution in [0.5, 0.6) is 0 Å². The van der Waals surface area contributed by atoms with Gasteiger partial charge in [0.25, 0.3) is 0 Å². The summed E-state index contributed by atoms with van der Waals surface area (Å²) < 4.78 is 10.5. The number of amides is 3. The number of nitrogens with one attached hydrogen (secondary N) is 2. The van der Waals surface area contributed by atoms with Gasteiger partial charge in [-0.2, -0.15) is 5.26 Å². The number of ether oxygens (including phenoxy) is 2. The fourth-order valence-electron chi connectivity index (χ4n) is 4.82. The van der Waals surface area contributed by atoms with Gasteiger partial charge in [-0.1, -0.05) is 0 Å². The van der Waals surface area contributed by atoms with E-state index in [1.165, 1.54) is 11.1 Å². The maximum Gasteiger partial charge on any atom is 0.328 e. The minimum atomic E-state index is -0.437. The molecule has 5 rings (SSSR count). The zero-order valence-electron chi connectivity index (χ0n) is 21.2. The van der Waals surface area contributed by atoms with Crippen LogP contribution >= 0.6 is 0 Å². The number of hydrogen-bond acceptors (Lipinski definition) is 9. The lowest BCUT2D eigenvalue weighted by atomic mass is 10.0. The fourth-order valence-corrected chi connectivity index (χ4v) is 4.82. The molecule has 3 aliphatic rings. The van der Waals surface area contributed by atoms with E-state index in [2.05, 4.69) is 26.7 Å². The SMILES string of the molecule is COCC1(Nc2cc(NC(=O)N3CCCc4cc(CN5CCOCC5=O)c(C=O)nc43)ncc2C#N)CC1. The summed E-state index contributed by atoms with van der Waals surface area (Å²) in [7, 11) is 1.64. The van der Waals surface area contributed by atoms with Gasteiger partial charge in [0.15, 0.2) is 6.29 Å². The number of aryl methyl sites for hydroxylation is 1. The Kier molecular flexibility index (Phi) is 7.22. The molecule has 2 aromatic heterocycles. The predicted molar refractivity (Wildman–Crippen MR) is 137 cm³/mol. The number of rotatable bonds is 8. The highest BCUT2D eigenvalue weighted by atomic mass is 16.5. The van der Waals surface area contributed by atoms with E-state index >= 15 is 0 Å². The molecule has 1 aliphatic carbocycles. The van der Waals surface area contributed by atoms with Gasteiger partial charge in [0.05, 0.1) is 30.0 Å². The first-order chi connectivity index (χ1) is 18.4. The molecule has 0 unspecified atom stereocenters. The molecule has 2 aromatic rings. The molecular weight excluding hydrogens is 490 g/mol. The van der Waals surface area contributed by atoms with Gasteiger partial charge in [0.1, 0.15) is 30.0 Å². The Morgan fingerprint density at radius 3 is 2.89 bits per heavy atom. The van der Waals surface area contributed by atoms with Crippen LogP contribution in [-0.4, -0.2) is 78.7 Å². The minimum absolute atomic E-state index is 0.0245. The molecule has 198 valence electrons. The van der Waals surface area contributed by atoms with Crippen LogP contribution in [0.25, 0.3) is 0 Å². The molecule has 4 heterocycles. The Hall–Kier alpha value is -4.08. The number of urea groups is 1. The summed E-state index contributed by atoms with van der Waals surface area (Å²) in [5, 5.41) is 15.7. The molecule has 0 spiro atoms. The molecule has 0 radical (unpaired) electrons. The third-order valence-electron chi connectivity index (χ3n) is 7.01. The van der Waals surface area contributed by atoms with Crippen molar-refractivity contribution in [1.29, 1.82) is 5.26 Å². The van der Waals surface area contributed by atoms with Crippen LogP contribution in [0.3, 0.4) is 0 Å². The number of nitrogens with zero attached hydrogens (tertiary/aromatic N) is 5. The van der Waals surface area contributed by atoms with Crippen LogP contribution in [0.2, 0.25) is 0 Å². The molecule has 1 saturated heterocycles. The summed E-state index contributed by atoms with van der Waals surface area (Å²) in [5.41, 5.74) is 2.41. The fraction of sp³-hybridized carbons (Fsp3) is 0.462. The van der Waals surface area contributed by atoms with Crippen LogP contribution < -0.4 is 15.5 Å². The maximum atomic E-state index is 13.3. The summed E-state index contributed by atoms with van der Waals surface area (Å²) in [6, 6.07) is 5.20. The van der Waals surface area contributed by atoms with E-state index in [1.54, 1.807) is 18.1 Å². The van der Waals surface area contributed by atoms with Gasteiger partial charge in [-0.3, -0.25) is 19.8 Å². The van der Waals surface area contributed by atoms with Gasteiger partial charge in [-0.05, 0) is 37.3 Å². The molecule has 2 fully saturated rings. The largest absolute Gasteiger partial charge is 0.382 e. The Balaban J connectivity index is 1.35. The lowest BCUT2D eigenvalue weighted by Crippen LogP contribution is -2.42. The summed E-state index contributed by atoms with van der Waals surface area (Å²) in [6.07, 6.45) is 5.33. The average molecular weight is 520 g/mol. The molecule has 0 aromatic carbocycles.